The van der Waals surface area contributed by atoms with E-state index in [2.05, 4.69) is 41.5 Å². The molecule has 9 atom stereocenters. The fourth-order valence-corrected chi connectivity index (χ4v) is 9.93. The maximum Gasteiger partial charge on any atom is 0.330 e. The number of carbonyl (C=O) groups is 2. The third kappa shape index (κ3) is 4.62. The Bertz CT molecular complexity index is 1060. The van der Waals surface area contributed by atoms with E-state index in [0.717, 1.165) is 44.9 Å². The Hall–Kier alpha value is -1.66. The average molecular weight is 545 g/mol. The number of hydrogen-bond acceptors (Lipinski definition) is 5. The summed E-state index contributed by atoms with van der Waals surface area (Å²) in [5.41, 5.74) is 3.29. The highest BCUT2D eigenvalue weighted by molar-refractivity contribution is 5.85. The molecule has 4 rings (SSSR count). The summed E-state index contributed by atoms with van der Waals surface area (Å²) < 4.78 is 12.2. The Kier molecular flexibility index (Phi) is 8.01. The van der Waals surface area contributed by atoms with Crippen molar-refractivity contribution in [1.29, 1.82) is 0 Å². The largest absolute Gasteiger partial charge is 0.478 e. The van der Waals surface area contributed by atoms with Crippen molar-refractivity contribution in [2.75, 3.05) is 7.11 Å². The molecule has 0 radical (unpaired) electrons. The van der Waals surface area contributed by atoms with Gasteiger partial charge in [0.15, 0.2) is 0 Å². The molecule has 0 spiro atoms. The number of rotatable bonds is 7. The lowest BCUT2D eigenvalue weighted by atomic mass is 9.42. The van der Waals surface area contributed by atoms with E-state index in [4.69, 9.17) is 9.47 Å². The van der Waals surface area contributed by atoms with E-state index in [0.29, 0.717) is 18.3 Å². The SMILES string of the molecule is COC1CC2C(C)(CCC(O)C2(C)C)C2=C1C1(C)CCC(C(C)C(CC=C(C)C(=O)O)OC(C)=O)C1(C)CC2. The smallest absolute Gasteiger partial charge is 0.330 e. The molecule has 2 saturated carbocycles. The lowest BCUT2D eigenvalue weighted by Crippen LogP contribution is -2.58. The number of hydrogen-bond donors (Lipinski definition) is 2. The molecule has 0 amide bonds. The molecule has 2 N–H and O–H groups in total. The first-order valence-corrected chi connectivity index (χ1v) is 15.1. The van der Waals surface area contributed by atoms with Crippen LogP contribution in [-0.2, 0) is 19.1 Å². The normalized spacial score (nSPS) is 41.2. The molecule has 220 valence electrons. The Labute approximate surface area is 235 Å². The van der Waals surface area contributed by atoms with Crippen LogP contribution >= 0.6 is 0 Å². The van der Waals surface area contributed by atoms with Crippen molar-refractivity contribution >= 4 is 11.9 Å². The van der Waals surface area contributed by atoms with Gasteiger partial charge in [-0.3, -0.25) is 4.79 Å². The molecule has 4 aliphatic rings. The number of ether oxygens (including phenoxy) is 2. The topological polar surface area (TPSA) is 93.1 Å². The monoisotopic (exact) mass is 544 g/mol. The van der Waals surface area contributed by atoms with E-state index in [1.54, 1.807) is 18.6 Å². The van der Waals surface area contributed by atoms with Crippen molar-refractivity contribution in [1.82, 2.24) is 0 Å². The summed E-state index contributed by atoms with van der Waals surface area (Å²) >= 11 is 0. The van der Waals surface area contributed by atoms with E-state index >= 15 is 0 Å². The number of aliphatic carboxylic acids is 1. The fraction of sp³-hybridized carbons (Fsp3) is 0.818. The van der Waals surface area contributed by atoms with Crippen LogP contribution in [0.15, 0.2) is 22.8 Å². The van der Waals surface area contributed by atoms with Crippen molar-refractivity contribution in [3.8, 4) is 0 Å². The number of allylic oxidation sites excluding steroid dienone is 1. The number of carboxylic acids is 1. The number of esters is 1. The van der Waals surface area contributed by atoms with Gasteiger partial charge in [0.05, 0.1) is 12.2 Å². The van der Waals surface area contributed by atoms with E-state index < -0.39 is 5.97 Å². The van der Waals surface area contributed by atoms with E-state index in [1.807, 2.05) is 7.11 Å². The van der Waals surface area contributed by atoms with Crippen LogP contribution in [-0.4, -0.2) is 47.6 Å². The number of fused-ring (bicyclic) bond motifs is 4. The van der Waals surface area contributed by atoms with Gasteiger partial charge in [-0.15, -0.1) is 0 Å². The lowest BCUT2D eigenvalue weighted by Gasteiger charge is -2.63. The zero-order valence-corrected chi connectivity index (χ0v) is 25.7. The van der Waals surface area contributed by atoms with Crippen LogP contribution in [0.25, 0.3) is 0 Å². The molecule has 6 heteroatoms. The standard InChI is InChI=1S/C33H52O6/c1-19(29(36)37)10-11-24(39-21(3)34)20(2)22-12-17-33(8)28-23(13-16-32(22,33)7)31(6)15-14-27(35)30(4,5)26(31)18-25(28)38-9/h10,20,22,24-27,35H,11-18H2,1-9H3,(H,36,37). The van der Waals surface area contributed by atoms with Crippen LogP contribution in [0, 0.1) is 39.4 Å². The highest BCUT2D eigenvalue weighted by Crippen LogP contribution is 2.72. The van der Waals surface area contributed by atoms with Gasteiger partial charge in [0.25, 0.3) is 0 Å². The van der Waals surface area contributed by atoms with Crippen molar-refractivity contribution in [2.24, 2.45) is 39.4 Å². The van der Waals surface area contributed by atoms with Gasteiger partial charge >= 0.3 is 11.9 Å². The van der Waals surface area contributed by atoms with Gasteiger partial charge < -0.3 is 19.7 Å². The Balaban J connectivity index is 1.73. The molecule has 0 aromatic carbocycles. The summed E-state index contributed by atoms with van der Waals surface area (Å²) in [4.78, 5) is 23.5. The molecule has 0 saturated heterocycles. The van der Waals surface area contributed by atoms with Crippen molar-refractivity contribution in [3.63, 3.8) is 0 Å². The average Bonchev–Trinajstić information content (AvgIpc) is 3.14. The zero-order chi connectivity index (χ0) is 29.1. The molecular formula is C33H52O6. The molecule has 4 aliphatic carbocycles. The number of methoxy groups -OCH3 is 1. The minimum atomic E-state index is -0.940. The maximum absolute atomic E-state index is 12.1. The highest BCUT2D eigenvalue weighted by atomic mass is 16.5. The van der Waals surface area contributed by atoms with Gasteiger partial charge in [-0.1, -0.05) is 53.2 Å². The second-order valence-corrected chi connectivity index (χ2v) is 14.5. The summed E-state index contributed by atoms with van der Waals surface area (Å²) in [5, 5.41) is 20.3. The Morgan fingerprint density at radius 2 is 1.74 bits per heavy atom. The van der Waals surface area contributed by atoms with Crippen LogP contribution in [0.2, 0.25) is 0 Å². The molecular weight excluding hydrogens is 492 g/mol. The summed E-state index contributed by atoms with van der Waals surface area (Å²) in [6, 6.07) is 0. The van der Waals surface area contributed by atoms with Gasteiger partial charge in [-0.25, -0.2) is 4.79 Å². The van der Waals surface area contributed by atoms with Gasteiger partial charge in [0.2, 0.25) is 0 Å². The molecule has 9 unspecified atom stereocenters. The van der Waals surface area contributed by atoms with E-state index in [-0.39, 0.29) is 57.4 Å². The fourth-order valence-electron chi connectivity index (χ4n) is 9.93. The van der Waals surface area contributed by atoms with Gasteiger partial charge in [0, 0.05) is 26.0 Å². The van der Waals surface area contributed by atoms with Crippen molar-refractivity contribution in [2.45, 2.75) is 125 Å². The highest BCUT2D eigenvalue weighted by Gasteiger charge is 2.65. The van der Waals surface area contributed by atoms with Crippen LogP contribution in [0.4, 0.5) is 0 Å². The van der Waals surface area contributed by atoms with Gasteiger partial charge in [-0.2, -0.15) is 0 Å². The zero-order valence-electron chi connectivity index (χ0n) is 25.7. The van der Waals surface area contributed by atoms with Crippen LogP contribution < -0.4 is 0 Å². The predicted molar refractivity (Wildman–Crippen MR) is 152 cm³/mol. The number of aliphatic hydroxyl groups is 1. The molecule has 0 aromatic rings. The number of carboxylic acid groups (broad SMARTS) is 1. The Morgan fingerprint density at radius 3 is 2.33 bits per heavy atom. The first kappa shape index (κ1) is 30.3. The number of aliphatic hydroxyl groups excluding tert-OH is 1. The first-order chi connectivity index (χ1) is 18.0. The summed E-state index contributed by atoms with van der Waals surface area (Å²) in [5.74, 6) is -0.450. The summed E-state index contributed by atoms with van der Waals surface area (Å²) in [7, 11) is 1.85. The molecule has 2 fully saturated rings. The molecule has 0 bridgehead atoms. The van der Waals surface area contributed by atoms with E-state index in [1.165, 1.54) is 12.5 Å². The summed E-state index contributed by atoms with van der Waals surface area (Å²) in [6.45, 7) is 17.1. The lowest BCUT2D eigenvalue weighted by molar-refractivity contribution is -0.151. The quantitative estimate of drug-likeness (QED) is 0.210. The second kappa shape index (κ2) is 10.3. The Morgan fingerprint density at radius 1 is 1.08 bits per heavy atom. The molecule has 39 heavy (non-hydrogen) atoms. The minimum Gasteiger partial charge on any atom is -0.478 e. The van der Waals surface area contributed by atoms with Crippen LogP contribution in [0.1, 0.15) is 107 Å². The third-order valence-electron chi connectivity index (χ3n) is 12.6. The summed E-state index contributed by atoms with van der Waals surface area (Å²) in [6.07, 6.45) is 8.56. The molecule has 0 aromatic heterocycles. The first-order valence-electron chi connectivity index (χ1n) is 15.1. The minimum absolute atomic E-state index is 0.0128. The maximum atomic E-state index is 12.1. The third-order valence-corrected chi connectivity index (χ3v) is 12.6. The van der Waals surface area contributed by atoms with Crippen LogP contribution in [0.5, 0.6) is 0 Å². The van der Waals surface area contributed by atoms with Gasteiger partial charge in [-0.05, 0) is 96.9 Å². The predicted octanol–water partition coefficient (Wildman–Crippen LogP) is 6.71. The molecule has 6 nitrogen and oxygen atoms in total. The molecule has 0 aliphatic heterocycles. The van der Waals surface area contributed by atoms with Crippen molar-refractivity contribution < 1.29 is 29.3 Å². The number of carbonyl (C=O) groups excluding carboxylic acids is 1. The van der Waals surface area contributed by atoms with Gasteiger partial charge in [0.1, 0.15) is 6.10 Å². The second-order valence-electron chi connectivity index (χ2n) is 14.5. The van der Waals surface area contributed by atoms with Crippen molar-refractivity contribution in [3.05, 3.63) is 22.8 Å². The van der Waals surface area contributed by atoms with Crippen LogP contribution in [0.3, 0.4) is 0 Å². The molecule has 0 heterocycles. The van der Waals surface area contributed by atoms with E-state index in [9.17, 15) is 19.8 Å².